The molecule has 0 spiro atoms. The van der Waals surface area contributed by atoms with Gasteiger partial charge in [0.25, 0.3) is 0 Å². The summed E-state index contributed by atoms with van der Waals surface area (Å²) in [4.78, 5) is 16.1. The minimum Gasteiger partial charge on any atom is -0.493 e. The maximum Gasteiger partial charge on any atom is 0.416 e. The second-order valence-corrected chi connectivity index (χ2v) is 6.84. The quantitative estimate of drug-likeness (QED) is 0.510. The molecule has 3 aromatic rings. The van der Waals surface area contributed by atoms with E-state index in [0.717, 1.165) is 23.3 Å². The first-order valence-corrected chi connectivity index (χ1v) is 9.71. The summed E-state index contributed by atoms with van der Waals surface area (Å²) >= 11 is 0. The van der Waals surface area contributed by atoms with Gasteiger partial charge < -0.3 is 20.1 Å². The minimum atomic E-state index is -4.44. The zero-order valence-corrected chi connectivity index (χ0v) is 17.3. The molecule has 0 saturated heterocycles. The predicted molar refractivity (Wildman–Crippen MR) is 113 cm³/mol. The molecular weight excluding hydrogens is 423 g/mol. The number of ether oxygens (including phenoxy) is 2. The highest BCUT2D eigenvalue weighted by Gasteiger charge is 2.30. The fourth-order valence-corrected chi connectivity index (χ4v) is 2.83. The van der Waals surface area contributed by atoms with Gasteiger partial charge in [-0.15, -0.1) is 0 Å². The highest BCUT2D eigenvalue weighted by Crippen LogP contribution is 2.31. The monoisotopic (exact) mass is 445 g/mol. The van der Waals surface area contributed by atoms with Crippen molar-refractivity contribution in [2.24, 2.45) is 0 Å². The van der Waals surface area contributed by atoms with Gasteiger partial charge in [0, 0.05) is 24.6 Å². The van der Waals surface area contributed by atoms with Crippen molar-refractivity contribution >= 4 is 11.6 Å². The molecule has 1 heterocycles. The van der Waals surface area contributed by atoms with Crippen molar-refractivity contribution in [3.05, 3.63) is 83.7 Å². The maximum absolute atomic E-state index is 12.8. The average Bonchev–Trinajstić information content (AvgIpc) is 2.80. The van der Waals surface area contributed by atoms with Crippen molar-refractivity contribution in [3.63, 3.8) is 0 Å². The summed E-state index contributed by atoms with van der Waals surface area (Å²) in [5, 5.41) is 5.41. The Labute approximate surface area is 183 Å². The third kappa shape index (κ3) is 6.63. The van der Waals surface area contributed by atoms with E-state index in [-0.39, 0.29) is 24.7 Å². The van der Waals surface area contributed by atoms with Crippen molar-refractivity contribution in [2.45, 2.75) is 19.3 Å². The second-order valence-electron chi connectivity index (χ2n) is 6.84. The van der Waals surface area contributed by atoms with Crippen LogP contribution in [0.25, 0.3) is 0 Å². The van der Waals surface area contributed by atoms with Crippen LogP contribution in [0.3, 0.4) is 0 Å². The van der Waals surface area contributed by atoms with Gasteiger partial charge in [0.15, 0.2) is 11.5 Å². The molecule has 0 saturated carbocycles. The van der Waals surface area contributed by atoms with E-state index in [9.17, 15) is 18.0 Å². The van der Waals surface area contributed by atoms with Crippen LogP contribution in [0.2, 0.25) is 0 Å². The van der Waals surface area contributed by atoms with Crippen LogP contribution in [0.15, 0.2) is 67.0 Å². The lowest BCUT2D eigenvalue weighted by Gasteiger charge is -2.13. The molecule has 0 radical (unpaired) electrons. The van der Waals surface area contributed by atoms with Gasteiger partial charge in [0.1, 0.15) is 6.61 Å². The van der Waals surface area contributed by atoms with Gasteiger partial charge in [0.2, 0.25) is 5.91 Å². The number of anilines is 1. The molecule has 6 nitrogen and oxygen atoms in total. The van der Waals surface area contributed by atoms with E-state index in [2.05, 4.69) is 15.6 Å². The number of pyridine rings is 1. The third-order valence-electron chi connectivity index (χ3n) is 4.50. The summed E-state index contributed by atoms with van der Waals surface area (Å²) < 4.78 is 49.5. The Balaban J connectivity index is 1.51. The Hall–Kier alpha value is -3.75. The first kappa shape index (κ1) is 22.9. The van der Waals surface area contributed by atoms with E-state index in [1.165, 1.54) is 19.2 Å². The molecule has 0 fully saturated rings. The lowest BCUT2D eigenvalue weighted by molar-refractivity contribution is -0.137. The van der Waals surface area contributed by atoms with Crippen LogP contribution in [0.5, 0.6) is 11.5 Å². The molecule has 9 heteroatoms. The SMILES string of the molecule is COc1cc(CNC(=O)CNc2cccc(C(F)(F)F)c2)ccc1OCc1ccncc1. The number of methoxy groups -OCH3 is 1. The van der Waals surface area contributed by atoms with Crippen LogP contribution in [0, 0.1) is 0 Å². The molecule has 2 aromatic carbocycles. The van der Waals surface area contributed by atoms with E-state index >= 15 is 0 Å². The molecule has 168 valence electrons. The number of alkyl halides is 3. The maximum atomic E-state index is 12.8. The van der Waals surface area contributed by atoms with Crippen LogP contribution in [0.1, 0.15) is 16.7 Å². The molecule has 0 aliphatic heterocycles. The number of rotatable bonds is 9. The molecule has 0 atom stereocenters. The number of carbonyl (C=O) groups excluding carboxylic acids is 1. The Bertz CT molecular complexity index is 1040. The number of nitrogens with one attached hydrogen (secondary N) is 2. The lowest BCUT2D eigenvalue weighted by Crippen LogP contribution is -2.29. The fourth-order valence-electron chi connectivity index (χ4n) is 2.83. The molecule has 1 amide bonds. The Morgan fingerprint density at radius 1 is 1.00 bits per heavy atom. The number of benzene rings is 2. The highest BCUT2D eigenvalue weighted by molar-refractivity contribution is 5.80. The molecule has 0 bridgehead atoms. The number of halogens is 3. The first-order valence-electron chi connectivity index (χ1n) is 9.71. The predicted octanol–water partition coefficient (Wildman–Crippen LogP) is 4.42. The van der Waals surface area contributed by atoms with Crippen molar-refractivity contribution in [2.75, 3.05) is 19.0 Å². The van der Waals surface area contributed by atoms with Gasteiger partial charge in [-0.2, -0.15) is 13.2 Å². The van der Waals surface area contributed by atoms with E-state index < -0.39 is 11.7 Å². The third-order valence-corrected chi connectivity index (χ3v) is 4.50. The normalized spacial score (nSPS) is 11.0. The van der Waals surface area contributed by atoms with Crippen LogP contribution >= 0.6 is 0 Å². The Kier molecular flexibility index (Phi) is 7.54. The first-order chi connectivity index (χ1) is 15.3. The van der Waals surface area contributed by atoms with Crippen molar-refractivity contribution in [1.82, 2.24) is 10.3 Å². The van der Waals surface area contributed by atoms with E-state index in [1.54, 1.807) is 30.6 Å². The minimum absolute atomic E-state index is 0.161. The topological polar surface area (TPSA) is 72.5 Å². The van der Waals surface area contributed by atoms with Gasteiger partial charge in [-0.05, 0) is 53.6 Å². The fraction of sp³-hybridized carbons (Fsp3) is 0.217. The van der Waals surface area contributed by atoms with Gasteiger partial charge in [-0.1, -0.05) is 12.1 Å². The van der Waals surface area contributed by atoms with Crippen LogP contribution in [-0.4, -0.2) is 24.5 Å². The van der Waals surface area contributed by atoms with Gasteiger partial charge >= 0.3 is 6.18 Å². The van der Waals surface area contributed by atoms with Crippen molar-refractivity contribution in [3.8, 4) is 11.5 Å². The molecule has 0 aliphatic carbocycles. The number of aromatic nitrogens is 1. The van der Waals surface area contributed by atoms with Crippen LogP contribution < -0.4 is 20.1 Å². The smallest absolute Gasteiger partial charge is 0.416 e. The molecule has 32 heavy (non-hydrogen) atoms. The van der Waals surface area contributed by atoms with Crippen molar-refractivity contribution < 1.29 is 27.4 Å². The number of carbonyl (C=O) groups is 1. The average molecular weight is 445 g/mol. The molecule has 0 aliphatic rings. The van der Waals surface area contributed by atoms with E-state index in [4.69, 9.17) is 9.47 Å². The molecule has 3 rings (SSSR count). The number of amides is 1. The lowest BCUT2D eigenvalue weighted by atomic mass is 10.2. The standard InChI is InChI=1S/C23H22F3N3O3/c1-31-21-11-17(5-6-20(21)32-15-16-7-9-27-10-8-16)13-29-22(30)14-28-19-4-2-3-18(12-19)23(24,25)26/h2-12,28H,13-15H2,1H3,(H,29,30). The van der Waals surface area contributed by atoms with Crippen molar-refractivity contribution in [1.29, 1.82) is 0 Å². The van der Waals surface area contributed by atoms with Crippen LogP contribution in [-0.2, 0) is 24.1 Å². The van der Waals surface area contributed by atoms with Gasteiger partial charge in [-0.25, -0.2) is 0 Å². The summed E-state index contributed by atoms with van der Waals surface area (Å²) in [5.41, 5.74) is 1.19. The van der Waals surface area contributed by atoms with Gasteiger partial charge in [0.05, 0.1) is 19.2 Å². The zero-order chi connectivity index (χ0) is 23.0. The largest absolute Gasteiger partial charge is 0.493 e. The molecule has 2 N–H and O–H groups in total. The molecule has 1 aromatic heterocycles. The molecule has 0 unspecified atom stereocenters. The number of nitrogens with zero attached hydrogens (tertiary/aromatic N) is 1. The highest BCUT2D eigenvalue weighted by atomic mass is 19.4. The number of hydrogen-bond acceptors (Lipinski definition) is 5. The summed E-state index contributed by atoms with van der Waals surface area (Å²) in [6.45, 7) is 0.422. The zero-order valence-electron chi connectivity index (χ0n) is 17.3. The Morgan fingerprint density at radius 3 is 2.50 bits per heavy atom. The molecular formula is C23H22F3N3O3. The van der Waals surface area contributed by atoms with Crippen LogP contribution in [0.4, 0.5) is 18.9 Å². The van der Waals surface area contributed by atoms with E-state index in [1.807, 2.05) is 12.1 Å². The summed E-state index contributed by atoms with van der Waals surface area (Å²) in [5.74, 6) is 0.720. The Morgan fingerprint density at radius 2 is 1.78 bits per heavy atom. The summed E-state index contributed by atoms with van der Waals surface area (Å²) in [6.07, 6.45) is -1.07. The second kappa shape index (κ2) is 10.5. The van der Waals surface area contributed by atoms with E-state index in [0.29, 0.717) is 18.1 Å². The van der Waals surface area contributed by atoms with Gasteiger partial charge in [-0.3, -0.25) is 9.78 Å². The summed E-state index contributed by atoms with van der Waals surface area (Å²) in [6, 6.07) is 13.7. The summed E-state index contributed by atoms with van der Waals surface area (Å²) in [7, 11) is 1.52. The number of hydrogen-bond donors (Lipinski definition) is 2.